The van der Waals surface area contributed by atoms with Crippen LogP contribution in [0.5, 0.6) is 0 Å². The van der Waals surface area contributed by atoms with Crippen molar-refractivity contribution < 1.29 is 13.7 Å². The summed E-state index contributed by atoms with van der Waals surface area (Å²) in [6, 6.07) is 12.3. The molecule has 0 spiro atoms. The summed E-state index contributed by atoms with van der Waals surface area (Å²) in [7, 11) is 0. The second-order valence-electron chi connectivity index (χ2n) is 13.6. The van der Waals surface area contributed by atoms with E-state index in [1.54, 1.807) is 0 Å². The third kappa shape index (κ3) is 3.71. The van der Waals surface area contributed by atoms with Gasteiger partial charge in [-0.25, -0.2) is 4.39 Å². The number of anilines is 1. The summed E-state index contributed by atoms with van der Waals surface area (Å²) in [4.78, 5) is 25.6. The Morgan fingerprint density at radius 2 is 1.79 bits per heavy atom. The molecule has 202 valence electrons. The first kappa shape index (κ1) is 23.8. The summed E-state index contributed by atoms with van der Waals surface area (Å²) >= 11 is 0. The lowest BCUT2D eigenvalue weighted by Gasteiger charge is -2.65. The maximum atomic E-state index is 14.5. The first-order valence-electron chi connectivity index (χ1n) is 14.7. The molecule has 0 radical (unpaired) electrons. The highest BCUT2D eigenvalue weighted by Gasteiger charge is 2.73. The first-order chi connectivity index (χ1) is 18.8. The summed E-state index contributed by atoms with van der Waals surface area (Å²) in [5.41, 5.74) is 2.34. The predicted molar refractivity (Wildman–Crippen MR) is 145 cm³/mol. The Labute approximate surface area is 228 Å². The Morgan fingerprint density at radius 1 is 1.05 bits per heavy atom. The fourth-order valence-electron chi connectivity index (χ4n) is 8.04. The Morgan fingerprint density at radius 3 is 2.44 bits per heavy atom. The number of pyridine rings is 1. The zero-order chi connectivity index (χ0) is 26.5. The van der Waals surface area contributed by atoms with Crippen molar-refractivity contribution in [2.45, 2.75) is 94.6 Å². The molecule has 4 bridgehead atoms. The number of hydrogen-bond donors (Lipinski definition) is 0. The summed E-state index contributed by atoms with van der Waals surface area (Å²) in [5.74, 6) is 2.34. The minimum atomic E-state index is -1.11. The van der Waals surface area contributed by atoms with Crippen molar-refractivity contribution in [2.24, 2.45) is 10.8 Å². The van der Waals surface area contributed by atoms with Crippen LogP contribution in [0.2, 0.25) is 0 Å². The standard InChI is InChI=1S/C32H35FN4O2/c1-21-5-8-25(34-16-21)23-3-2-4-24(15-23)37(28(38)31-17-32(33,18-31)19-31)20-29-9-12-30(13-10-29,14-11-29)27-35-26(36-39-27)22-6-7-22/h2-5,8,15-16,22H,6-7,9-14,17-20H2,1H3. The quantitative estimate of drug-likeness (QED) is 0.337. The van der Waals surface area contributed by atoms with Crippen LogP contribution in [0.3, 0.4) is 0 Å². The number of fused-ring (bicyclic) bond motifs is 3. The van der Waals surface area contributed by atoms with Gasteiger partial charge in [0.15, 0.2) is 5.82 Å². The van der Waals surface area contributed by atoms with Crippen molar-refractivity contribution in [3.8, 4) is 11.3 Å². The smallest absolute Gasteiger partial charge is 0.233 e. The molecule has 1 aromatic carbocycles. The van der Waals surface area contributed by atoms with Crippen LogP contribution in [0, 0.1) is 17.8 Å². The largest absolute Gasteiger partial charge is 0.339 e. The van der Waals surface area contributed by atoms with E-state index in [2.05, 4.69) is 28.3 Å². The van der Waals surface area contributed by atoms with Gasteiger partial charge in [-0.05, 0) is 107 Å². The molecule has 0 aliphatic heterocycles. The third-order valence-corrected chi connectivity index (χ3v) is 10.8. The number of benzene rings is 1. The Hall–Kier alpha value is -3.09. The molecule has 2 heterocycles. The highest BCUT2D eigenvalue weighted by molar-refractivity contribution is 6.00. The van der Waals surface area contributed by atoms with E-state index in [-0.39, 0.29) is 16.7 Å². The first-order valence-corrected chi connectivity index (χ1v) is 14.7. The van der Waals surface area contributed by atoms with Gasteiger partial charge in [-0.2, -0.15) is 4.98 Å². The Kier molecular flexibility index (Phi) is 4.87. The molecule has 39 heavy (non-hydrogen) atoms. The van der Waals surface area contributed by atoms with Crippen LogP contribution in [0.15, 0.2) is 47.1 Å². The molecule has 10 rings (SSSR count). The van der Waals surface area contributed by atoms with Gasteiger partial charge in [0.05, 0.1) is 11.1 Å². The number of amides is 1. The van der Waals surface area contributed by atoms with Crippen LogP contribution in [0.25, 0.3) is 11.3 Å². The second-order valence-corrected chi connectivity index (χ2v) is 13.6. The summed E-state index contributed by atoms with van der Waals surface area (Å²) in [5, 5.41) is 4.31. The molecule has 7 aliphatic rings. The molecule has 1 amide bonds. The van der Waals surface area contributed by atoms with Gasteiger partial charge in [0, 0.05) is 35.3 Å². The van der Waals surface area contributed by atoms with Gasteiger partial charge in [-0.3, -0.25) is 9.78 Å². The van der Waals surface area contributed by atoms with Gasteiger partial charge in [0.25, 0.3) is 0 Å². The van der Waals surface area contributed by atoms with Crippen molar-refractivity contribution >= 4 is 11.6 Å². The Bertz CT molecular complexity index is 1410. The zero-order valence-corrected chi connectivity index (χ0v) is 22.6. The monoisotopic (exact) mass is 526 g/mol. The molecule has 0 unspecified atom stereocenters. The molecule has 2 aromatic heterocycles. The van der Waals surface area contributed by atoms with E-state index in [9.17, 15) is 9.18 Å². The number of carbonyl (C=O) groups is 1. The summed E-state index contributed by atoms with van der Waals surface area (Å²) < 4.78 is 20.3. The lowest BCUT2D eigenvalue weighted by atomic mass is 9.41. The van der Waals surface area contributed by atoms with Crippen molar-refractivity contribution in [3.05, 3.63) is 59.9 Å². The number of halogens is 1. The zero-order valence-electron chi connectivity index (χ0n) is 22.6. The molecule has 0 saturated heterocycles. The van der Waals surface area contributed by atoms with Gasteiger partial charge < -0.3 is 9.42 Å². The van der Waals surface area contributed by atoms with Crippen molar-refractivity contribution in [1.82, 2.24) is 15.1 Å². The van der Waals surface area contributed by atoms with Gasteiger partial charge in [0.1, 0.15) is 5.67 Å². The number of aryl methyl sites for hydroxylation is 1. The number of aromatic nitrogens is 3. The molecule has 7 fully saturated rings. The van der Waals surface area contributed by atoms with Crippen molar-refractivity contribution in [1.29, 1.82) is 0 Å². The minimum absolute atomic E-state index is 0.0117. The maximum absolute atomic E-state index is 14.5. The van der Waals surface area contributed by atoms with E-state index >= 15 is 0 Å². The fraction of sp³-hybridized carbons (Fsp3) is 0.562. The molecular formula is C32H35FN4O2. The van der Waals surface area contributed by atoms with Crippen LogP contribution in [-0.4, -0.2) is 33.2 Å². The lowest BCUT2D eigenvalue weighted by Crippen LogP contribution is -2.71. The fourth-order valence-corrected chi connectivity index (χ4v) is 8.04. The number of nitrogens with zero attached hydrogens (tertiary/aromatic N) is 4. The van der Waals surface area contributed by atoms with Gasteiger partial charge in [-0.15, -0.1) is 0 Å². The number of alkyl halides is 1. The lowest BCUT2D eigenvalue weighted by molar-refractivity contribution is -0.211. The van der Waals surface area contributed by atoms with Crippen LogP contribution in [0.4, 0.5) is 10.1 Å². The maximum Gasteiger partial charge on any atom is 0.233 e. The van der Waals surface area contributed by atoms with E-state index in [1.807, 2.05) is 36.2 Å². The summed E-state index contributed by atoms with van der Waals surface area (Å²) in [6.45, 7) is 2.72. The highest BCUT2D eigenvalue weighted by atomic mass is 19.1. The number of carbonyl (C=O) groups excluding carboxylic acids is 1. The predicted octanol–water partition coefficient (Wildman–Crippen LogP) is 6.83. The number of hydrogen-bond acceptors (Lipinski definition) is 5. The molecule has 3 aromatic rings. The normalized spacial score (nSPS) is 34.3. The van der Waals surface area contributed by atoms with Crippen LogP contribution < -0.4 is 4.90 Å². The van der Waals surface area contributed by atoms with E-state index < -0.39 is 11.1 Å². The van der Waals surface area contributed by atoms with E-state index in [0.29, 0.717) is 31.7 Å². The summed E-state index contributed by atoms with van der Waals surface area (Å²) in [6.07, 6.45) is 11.5. The Balaban J connectivity index is 1.07. The molecule has 6 nitrogen and oxygen atoms in total. The van der Waals surface area contributed by atoms with Crippen molar-refractivity contribution in [3.63, 3.8) is 0 Å². The van der Waals surface area contributed by atoms with E-state index in [4.69, 9.17) is 9.51 Å². The number of rotatable bonds is 7. The SMILES string of the molecule is Cc1ccc(-c2cccc(N(CC34CCC(c5nc(C6CC6)no5)(CC3)CC4)C(=O)C34CC(F)(C3)C4)c2)nc1. The second kappa shape index (κ2) is 7.98. The van der Waals surface area contributed by atoms with Gasteiger partial charge in [-0.1, -0.05) is 23.4 Å². The molecular weight excluding hydrogens is 491 g/mol. The molecule has 7 heteroatoms. The van der Waals surface area contributed by atoms with Gasteiger partial charge in [0.2, 0.25) is 11.8 Å². The van der Waals surface area contributed by atoms with Crippen LogP contribution in [0.1, 0.15) is 93.8 Å². The van der Waals surface area contributed by atoms with E-state index in [1.165, 1.54) is 12.8 Å². The topological polar surface area (TPSA) is 72.1 Å². The van der Waals surface area contributed by atoms with Crippen LogP contribution in [-0.2, 0) is 10.2 Å². The minimum Gasteiger partial charge on any atom is -0.339 e. The van der Waals surface area contributed by atoms with Crippen LogP contribution >= 0.6 is 0 Å². The molecule has 7 saturated carbocycles. The molecule has 0 atom stereocenters. The average Bonchev–Trinajstić information content (AvgIpc) is 3.66. The highest BCUT2D eigenvalue weighted by Crippen LogP contribution is 2.70. The van der Waals surface area contributed by atoms with Gasteiger partial charge >= 0.3 is 0 Å². The molecule has 7 aliphatic carbocycles. The van der Waals surface area contributed by atoms with Crippen molar-refractivity contribution in [2.75, 3.05) is 11.4 Å². The average molecular weight is 527 g/mol. The third-order valence-electron chi connectivity index (χ3n) is 10.8. The van der Waals surface area contributed by atoms with E-state index in [0.717, 1.165) is 72.7 Å². The molecule has 0 N–H and O–H groups in total.